The van der Waals surface area contributed by atoms with E-state index < -0.39 is 0 Å². The van der Waals surface area contributed by atoms with Crippen molar-refractivity contribution in [2.45, 2.75) is 17.9 Å². The second-order valence-electron chi connectivity index (χ2n) is 3.70. The van der Waals surface area contributed by atoms with Gasteiger partial charge in [-0.2, -0.15) is 0 Å². The average Bonchev–Trinajstić information content (AvgIpc) is 2.78. The minimum absolute atomic E-state index is 0.425. The van der Waals surface area contributed by atoms with Gasteiger partial charge in [-0.05, 0) is 36.8 Å². The Morgan fingerprint density at radius 1 is 1.31 bits per heavy atom. The molecule has 0 bridgehead atoms. The zero-order valence-corrected chi connectivity index (χ0v) is 10.0. The molecule has 1 aromatic carbocycles. The summed E-state index contributed by atoms with van der Waals surface area (Å²) < 4.78 is 5.30. The molecule has 2 rings (SSSR count). The molecule has 0 saturated heterocycles. The van der Waals surface area contributed by atoms with Gasteiger partial charge in [0.2, 0.25) is 0 Å². The van der Waals surface area contributed by atoms with E-state index in [9.17, 15) is 0 Å². The summed E-state index contributed by atoms with van der Waals surface area (Å²) in [6.07, 6.45) is 1.71. The molecule has 2 aromatic rings. The average molecular weight is 233 g/mol. The van der Waals surface area contributed by atoms with Gasteiger partial charge in [-0.3, -0.25) is 0 Å². The second-order valence-corrected chi connectivity index (χ2v) is 5.03. The second kappa shape index (κ2) is 5.12. The van der Waals surface area contributed by atoms with Gasteiger partial charge in [-0.15, -0.1) is 11.8 Å². The smallest absolute Gasteiger partial charge is 0.113 e. The maximum Gasteiger partial charge on any atom is 0.113 e. The minimum atomic E-state index is 0.425. The van der Waals surface area contributed by atoms with E-state index in [1.165, 1.54) is 5.56 Å². The summed E-state index contributed by atoms with van der Waals surface area (Å²) >= 11 is 1.85. The fourth-order valence-corrected chi connectivity index (χ4v) is 2.43. The summed E-state index contributed by atoms with van der Waals surface area (Å²) in [5.41, 5.74) is 7.84. The van der Waals surface area contributed by atoms with E-state index in [0.717, 1.165) is 17.2 Å². The third-order valence-electron chi connectivity index (χ3n) is 2.44. The fourth-order valence-electron chi connectivity index (χ4n) is 1.51. The van der Waals surface area contributed by atoms with Crippen LogP contribution < -0.4 is 5.73 Å². The van der Waals surface area contributed by atoms with Gasteiger partial charge in [0.15, 0.2) is 0 Å². The molecule has 1 aromatic heterocycles. The molecular weight excluding hydrogens is 218 g/mol. The van der Waals surface area contributed by atoms with Crippen molar-refractivity contribution < 1.29 is 4.42 Å². The fraction of sp³-hybridized carbons (Fsp3) is 0.231. The van der Waals surface area contributed by atoms with Crippen molar-refractivity contribution in [1.29, 1.82) is 0 Å². The van der Waals surface area contributed by atoms with E-state index in [1.54, 1.807) is 6.26 Å². The molecule has 0 fully saturated rings. The molecule has 2 N–H and O–H groups in total. The third kappa shape index (κ3) is 2.83. The van der Waals surface area contributed by atoms with Crippen molar-refractivity contribution in [2.75, 3.05) is 5.73 Å². The van der Waals surface area contributed by atoms with Crippen LogP contribution in [0.3, 0.4) is 0 Å². The molecule has 2 nitrogen and oxygen atoms in total. The zero-order valence-electron chi connectivity index (χ0n) is 9.22. The zero-order chi connectivity index (χ0) is 11.4. The summed E-state index contributed by atoms with van der Waals surface area (Å²) in [6.45, 7) is 2.18. The Morgan fingerprint density at radius 3 is 2.88 bits per heavy atom. The number of rotatable bonds is 4. The first-order valence-corrected chi connectivity index (χ1v) is 6.30. The Hall–Kier alpha value is -1.35. The van der Waals surface area contributed by atoms with Crippen LogP contribution in [-0.2, 0) is 5.75 Å². The molecule has 0 aliphatic heterocycles. The van der Waals surface area contributed by atoms with Crippen LogP contribution in [0.1, 0.15) is 23.5 Å². The molecule has 0 radical (unpaired) electrons. The number of hydrogen-bond donors (Lipinski definition) is 1. The molecule has 0 saturated carbocycles. The summed E-state index contributed by atoms with van der Waals surface area (Å²) in [5, 5.41) is 0.425. The maximum absolute atomic E-state index is 5.76. The molecule has 1 unspecified atom stereocenters. The molecule has 1 heterocycles. The van der Waals surface area contributed by atoms with E-state index in [2.05, 4.69) is 13.0 Å². The summed E-state index contributed by atoms with van der Waals surface area (Å²) in [5.74, 6) is 1.91. The van der Waals surface area contributed by atoms with Crippen LogP contribution in [0.5, 0.6) is 0 Å². The van der Waals surface area contributed by atoms with Crippen molar-refractivity contribution in [3.63, 3.8) is 0 Å². The van der Waals surface area contributed by atoms with Crippen molar-refractivity contribution >= 4 is 17.4 Å². The first kappa shape index (κ1) is 11.1. The number of benzene rings is 1. The molecule has 84 valence electrons. The van der Waals surface area contributed by atoms with Crippen LogP contribution in [0.4, 0.5) is 5.69 Å². The summed E-state index contributed by atoms with van der Waals surface area (Å²) in [6, 6.07) is 12.0. The first-order valence-electron chi connectivity index (χ1n) is 5.25. The van der Waals surface area contributed by atoms with Gasteiger partial charge < -0.3 is 10.2 Å². The number of thioether (sulfide) groups is 1. The van der Waals surface area contributed by atoms with Crippen molar-refractivity contribution in [3.8, 4) is 0 Å². The largest absolute Gasteiger partial charge is 0.468 e. The third-order valence-corrected chi connectivity index (χ3v) is 3.66. The number of nitrogen functional groups attached to an aromatic ring is 1. The molecule has 16 heavy (non-hydrogen) atoms. The monoisotopic (exact) mass is 233 g/mol. The lowest BCUT2D eigenvalue weighted by Crippen LogP contribution is -1.92. The maximum atomic E-state index is 5.76. The lowest BCUT2D eigenvalue weighted by atomic mass is 10.1. The van der Waals surface area contributed by atoms with E-state index in [1.807, 2.05) is 42.1 Å². The van der Waals surface area contributed by atoms with Gasteiger partial charge in [0.05, 0.1) is 12.0 Å². The Labute approximate surface area is 99.8 Å². The standard InChI is InChI=1S/C13H15NOS/c1-10(11-4-2-5-12(14)8-11)16-9-13-6-3-7-15-13/h2-8,10H,9,14H2,1H3. The topological polar surface area (TPSA) is 39.2 Å². The van der Waals surface area contributed by atoms with Crippen LogP contribution in [0, 0.1) is 0 Å². The van der Waals surface area contributed by atoms with Crippen molar-refractivity contribution in [3.05, 3.63) is 54.0 Å². The van der Waals surface area contributed by atoms with E-state index >= 15 is 0 Å². The van der Waals surface area contributed by atoms with Gasteiger partial charge >= 0.3 is 0 Å². The number of furan rings is 1. The summed E-state index contributed by atoms with van der Waals surface area (Å²) in [4.78, 5) is 0. The quantitative estimate of drug-likeness (QED) is 0.815. The molecule has 0 aliphatic rings. The normalized spacial score (nSPS) is 12.6. The van der Waals surface area contributed by atoms with E-state index in [4.69, 9.17) is 10.2 Å². The van der Waals surface area contributed by atoms with Gasteiger partial charge in [-0.1, -0.05) is 12.1 Å². The van der Waals surface area contributed by atoms with Crippen molar-refractivity contribution in [1.82, 2.24) is 0 Å². The first-order chi connectivity index (χ1) is 7.75. The number of hydrogen-bond acceptors (Lipinski definition) is 3. The van der Waals surface area contributed by atoms with E-state index in [0.29, 0.717) is 5.25 Å². The molecule has 0 aliphatic carbocycles. The van der Waals surface area contributed by atoms with Crippen molar-refractivity contribution in [2.24, 2.45) is 0 Å². The molecule has 0 amide bonds. The lowest BCUT2D eigenvalue weighted by Gasteiger charge is -2.11. The predicted octanol–water partition coefficient (Wildman–Crippen LogP) is 3.86. The molecule has 1 atom stereocenters. The van der Waals surface area contributed by atoms with Gasteiger partial charge in [0, 0.05) is 10.9 Å². The predicted molar refractivity (Wildman–Crippen MR) is 69.3 cm³/mol. The Balaban J connectivity index is 1.95. The highest BCUT2D eigenvalue weighted by Gasteiger charge is 2.07. The lowest BCUT2D eigenvalue weighted by molar-refractivity contribution is 0.530. The molecular formula is C13H15NOS. The van der Waals surface area contributed by atoms with Crippen LogP contribution in [-0.4, -0.2) is 0 Å². The van der Waals surface area contributed by atoms with Gasteiger partial charge in [-0.25, -0.2) is 0 Å². The Bertz CT molecular complexity index is 439. The highest BCUT2D eigenvalue weighted by Crippen LogP contribution is 2.31. The highest BCUT2D eigenvalue weighted by atomic mass is 32.2. The number of nitrogens with two attached hydrogens (primary N) is 1. The molecule has 0 spiro atoms. The van der Waals surface area contributed by atoms with E-state index in [-0.39, 0.29) is 0 Å². The molecule has 3 heteroatoms. The SMILES string of the molecule is CC(SCc1ccco1)c1cccc(N)c1. The highest BCUT2D eigenvalue weighted by molar-refractivity contribution is 7.98. The Morgan fingerprint density at radius 2 is 2.19 bits per heavy atom. The number of anilines is 1. The van der Waals surface area contributed by atoms with Crippen LogP contribution in [0.15, 0.2) is 47.1 Å². The summed E-state index contributed by atoms with van der Waals surface area (Å²) in [7, 11) is 0. The van der Waals surface area contributed by atoms with Gasteiger partial charge in [0.25, 0.3) is 0 Å². The van der Waals surface area contributed by atoms with Crippen LogP contribution in [0.25, 0.3) is 0 Å². The van der Waals surface area contributed by atoms with Crippen LogP contribution >= 0.6 is 11.8 Å². The minimum Gasteiger partial charge on any atom is -0.468 e. The Kier molecular flexibility index (Phi) is 3.57. The van der Waals surface area contributed by atoms with Gasteiger partial charge in [0.1, 0.15) is 5.76 Å². The van der Waals surface area contributed by atoms with Crippen LogP contribution in [0.2, 0.25) is 0 Å².